The van der Waals surface area contributed by atoms with E-state index in [1.807, 2.05) is 0 Å². The fraction of sp³-hybridized carbons (Fsp3) is 0.0588. The van der Waals surface area contributed by atoms with Crippen LogP contribution in [0.15, 0.2) is 30.8 Å². The van der Waals surface area contributed by atoms with Gasteiger partial charge < -0.3 is 0 Å². The first-order valence-electron chi connectivity index (χ1n) is 7.40. The van der Waals surface area contributed by atoms with E-state index in [1.165, 1.54) is 6.07 Å². The van der Waals surface area contributed by atoms with Gasteiger partial charge in [0.25, 0.3) is 11.8 Å². The predicted molar refractivity (Wildman–Crippen MR) is 84.5 cm³/mol. The van der Waals surface area contributed by atoms with E-state index in [2.05, 4.69) is 6.58 Å². The monoisotopic (exact) mass is 383 g/mol. The Kier molecular flexibility index (Phi) is 4.56. The zero-order valence-corrected chi connectivity index (χ0v) is 13.4. The number of carbonyl (C=O) groups is 2. The van der Waals surface area contributed by atoms with Crippen molar-refractivity contribution in [1.29, 1.82) is 0 Å². The van der Waals surface area contributed by atoms with Crippen molar-refractivity contribution < 1.29 is 31.5 Å². The van der Waals surface area contributed by atoms with Gasteiger partial charge in [0.1, 0.15) is 12.2 Å². The van der Waals surface area contributed by atoms with Crippen LogP contribution >= 0.6 is 0 Å². The Bertz CT molecular complexity index is 929. The summed E-state index contributed by atoms with van der Waals surface area (Å²) in [5.74, 6) is -12.4. The molecule has 140 valence electrons. The van der Waals surface area contributed by atoms with Crippen molar-refractivity contribution >= 4 is 23.2 Å². The van der Waals surface area contributed by atoms with Gasteiger partial charge in [-0.15, -0.1) is 0 Å². The first-order valence-corrected chi connectivity index (χ1v) is 7.40. The molecular weight excluding hydrogens is 373 g/mol. The third-order valence-electron chi connectivity index (χ3n) is 3.88. The second-order valence-electron chi connectivity index (χ2n) is 5.50. The molecular formula is C17H10F5N3O2. The van der Waals surface area contributed by atoms with Crippen molar-refractivity contribution in [2.45, 2.75) is 0 Å². The lowest BCUT2D eigenvalue weighted by Crippen LogP contribution is -2.40. The van der Waals surface area contributed by atoms with Crippen LogP contribution in [-0.2, 0) is 4.79 Å². The number of fused-ring (bicyclic) bond motifs is 1. The number of hydrogen-bond donors (Lipinski definition) is 2. The summed E-state index contributed by atoms with van der Waals surface area (Å²) in [5, 5.41) is 0. The molecule has 0 aliphatic carbocycles. The summed E-state index contributed by atoms with van der Waals surface area (Å²) in [4.78, 5) is 25.2. The molecule has 27 heavy (non-hydrogen) atoms. The van der Waals surface area contributed by atoms with Crippen molar-refractivity contribution in [3.05, 3.63) is 71.1 Å². The molecule has 0 bridgehead atoms. The minimum Gasteiger partial charge on any atom is -0.299 e. The summed E-state index contributed by atoms with van der Waals surface area (Å²) in [6, 6.07) is 6.46. The van der Waals surface area contributed by atoms with E-state index in [0.717, 1.165) is 4.90 Å². The molecule has 0 fully saturated rings. The van der Waals surface area contributed by atoms with Crippen molar-refractivity contribution in [2.75, 3.05) is 12.0 Å². The Morgan fingerprint density at radius 2 is 1.44 bits per heavy atom. The molecule has 1 aliphatic rings. The van der Waals surface area contributed by atoms with E-state index in [1.54, 1.807) is 29.1 Å². The van der Waals surface area contributed by atoms with Gasteiger partial charge in [-0.05, 0) is 6.07 Å². The van der Waals surface area contributed by atoms with E-state index in [9.17, 15) is 31.5 Å². The van der Waals surface area contributed by atoms with Crippen molar-refractivity contribution in [3.63, 3.8) is 0 Å². The summed E-state index contributed by atoms with van der Waals surface area (Å²) >= 11 is 0. The first kappa shape index (κ1) is 18.4. The summed E-state index contributed by atoms with van der Waals surface area (Å²) in [7, 11) is 0. The highest BCUT2D eigenvalue weighted by molar-refractivity contribution is 6.10. The molecule has 1 heterocycles. The summed E-state index contributed by atoms with van der Waals surface area (Å²) < 4.78 is 66.3. The van der Waals surface area contributed by atoms with Crippen LogP contribution in [0.1, 0.15) is 15.9 Å². The van der Waals surface area contributed by atoms with Crippen LogP contribution in [0.3, 0.4) is 0 Å². The highest BCUT2D eigenvalue weighted by Crippen LogP contribution is 2.31. The molecule has 0 atom stereocenters. The second kappa shape index (κ2) is 6.71. The summed E-state index contributed by atoms with van der Waals surface area (Å²) in [6.07, 6.45) is 0. The van der Waals surface area contributed by atoms with Crippen molar-refractivity contribution in [2.24, 2.45) is 0 Å². The summed E-state index contributed by atoms with van der Waals surface area (Å²) in [6.45, 7) is 3.12. The molecule has 2 aromatic carbocycles. The molecule has 3 rings (SSSR count). The van der Waals surface area contributed by atoms with Crippen LogP contribution < -0.4 is 10.9 Å². The molecule has 10 heteroatoms. The van der Waals surface area contributed by atoms with Gasteiger partial charge >= 0.3 is 0 Å². The van der Waals surface area contributed by atoms with Gasteiger partial charge in [0.15, 0.2) is 23.3 Å². The molecule has 0 radical (unpaired) electrons. The standard InChI is InChI=1S/C17H10F5N3O2/c1-7-8-4-2-3-5-9(8)17(27)25(7)6-10(26)23-24-16-14(21)12(19)11(18)13(20)15(16)22/h2-5,24H,1,6H2,(H,23,26). The topological polar surface area (TPSA) is 61.4 Å². The molecule has 2 N–H and O–H groups in total. The van der Waals surface area contributed by atoms with Gasteiger partial charge in [0.05, 0.1) is 0 Å². The number of hydrazine groups is 1. The molecule has 0 saturated carbocycles. The molecule has 2 aromatic rings. The largest absolute Gasteiger partial charge is 0.299 e. The SMILES string of the molecule is C=C1c2ccccc2C(=O)N1CC(=O)NNc1c(F)c(F)c(F)c(F)c1F. The number of halogens is 5. The van der Waals surface area contributed by atoms with Gasteiger partial charge in [-0.25, -0.2) is 22.0 Å². The minimum atomic E-state index is -2.32. The normalized spacial score (nSPS) is 13.0. The van der Waals surface area contributed by atoms with Crippen LogP contribution in [-0.4, -0.2) is 23.3 Å². The Labute approximate surface area is 149 Å². The van der Waals surface area contributed by atoms with Crippen molar-refractivity contribution in [1.82, 2.24) is 10.3 Å². The number of amides is 2. The maximum atomic E-state index is 13.5. The Hall–Kier alpha value is -3.43. The lowest BCUT2D eigenvalue weighted by molar-refractivity contribution is -0.120. The fourth-order valence-electron chi connectivity index (χ4n) is 2.53. The van der Waals surface area contributed by atoms with Crippen LogP contribution in [0, 0.1) is 29.1 Å². The molecule has 0 unspecified atom stereocenters. The number of carbonyl (C=O) groups excluding carboxylic acids is 2. The van der Waals surface area contributed by atoms with Crippen LogP contribution in [0.2, 0.25) is 0 Å². The van der Waals surface area contributed by atoms with E-state index in [0.29, 0.717) is 11.1 Å². The van der Waals surface area contributed by atoms with Crippen molar-refractivity contribution in [3.8, 4) is 0 Å². The van der Waals surface area contributed by atoms with Crippen LogP contribution in [0.25, 0.3) is 5.70 Å². The van der Waals surface area contributed by atoms with E-state index < -0.39 is 53.1 Å². The van der Waals surface area contributed by atoms with E-state index >= 15 is 0 Å². The smallest absolute Gasteiger partial charge is 0.259 e. The number of rotatable bonds is 4. The fourth-order valence-corrected chi connectivity index (χ4v) is 2.53. The average Bonchev–Trinajstić information content (AvgIpc) is 2.90. The third-order valence-corrected chi connectivity index (χ3v) is 3.88. The number of nitrogens with zero attached hydrogens (tertiary/aromatic N) is 1. The Morgan fingerprint density at radius 1 is 0.926 bits per heavy atom. The third kappa shape index (κ3) is 2.98. The highest BCUT2D eigenvalue weighted by atomic mass is 19.2. The lowest BCUT2D eigenvalue weighted by atomic mass is 10.1. The first-order chi connectivity index (χ1) is 12.7. The van der Waals surface area contributed by atoms with Gasteiger partial charge in [-0.1, -0.05) is 24.8 Å². The maximum absolute atomic E-state index is 13.5. The number of nitrogens with one attached hydrogen (secondary N) is 2. The molecule has 5 nitrogen and oxygen atoms in total. The lowest BCUT2D eigenvalue weighted by Gasteiger charge is -2.18. The molecule has 2 amide bonds. The van der Waals surface area contributed by atoms with E-state index in [4.69, 9.17) is 0 Å². The Balaban J connectivity index is 1.72. The number of hydrogen-bond acceptors (Lipinski definition) is 3. The van der Waals surface area contributed by atoms with Gasteiger partial charge in [0.2, 0.25) is 5.82 Å². The zero-order valence-electron chi connectivity index (χ0n) is 13.4. The molecule has 1 aliphatic heterocycles. The van der Waals surface area contributed by atoms with Crippen LogP contribution in [0.4, 0.5) is 27.6 Å². The molecule has 0 spiro atoms. The summed E-state index contributed by atoms with van der Waals surface area (Å²) in [5.41, 5.74) is 3.10. The van der Waals surface area contributed by atoms with Crippen LogP contribution in [0.5, 0.6) is 0 Å². The Morgan fingerprint density at radius 3 is 2.00 bits per heavy atom. The average molecular weight is 383 g/mol. The quantitative estimate of drug-likeness (QED) is 0.369. The zero-order chi connectivity index (χ0) is 19.9. The predicted octanol–water partition coefficient (Wildman–Crippen LogP) is 2.95. The maximum Gasteiger partial charge on any atom is 0.259 e. The number of anilines is 1. The molecule has 0 aromatic heterocycles. The van der Waals surface area contributed by atoms with Gasteiger partial charge in [0, 0.05) is 16.8 Å². The van der Waals surface area contributed by atoms with E-state index in [-0.39, 0.29) is 5.70 Å². The minimum absolute atomic E-state index is 0.238. The van der Waals surface area contributed by atoms with Gasteiger partial charge in [-0.2, -0.15) is 0 Å². The van der Waals surface area contributed by atoms with Gasteiger partial charge in [-0.3, -0.25) is 25.3 Å². The number of benzene rings is 2. The second-order valence-corrected chi connectivity index (χ2v) is 5.50. The highest BCUT2D eigenvalue weighted by Gasteiger charge is 2.32. The molecule has 0 saturated heterocycles.